The number of aromatic amines is 1. The van der Waals surface area contributed by atoms with Crippen molar-refractivity contribution in [2.75, 3.05) is 18.4 Å². The number of fused-ring (bicyclic) bond motifs is 1. The number of benzene rings is 3. The Labute approximate surface area is 338 Å². The van der Waals surface area contributed by atoms with Crippen molar-refractivity contribution in [3.05, 3.63) is 83.2 Å². The lowest BCUT2D eigenvalue weighted by molar-refractivity contribution is -0.130. The fourth-order valence-electron chi connectivity index (χ4n) is 7.84. The van der Waals surface area contributed by atoms with E-state index in [-0.39, 0.29) is 36.0 Å². The van der Waals surface area contributed by atoms with Crippen LogP contribution in [0.2, 0.25) is 0 Å². The van der Waals surface area contributed by atoms with E-state index < -0.39 is 30.0 Å². The van der Waals surface area contributed by atoms with Crippen LogP contribution in [0.15, 0.2) is 60.7 Å². The van der Waals surface area contributed by atoms with Crippen LogP contribution in [0.1, 0.15) is 93.0 Å². The molecule has 2 heterocycles. The Morgan fingerprint density at radius 3 is 2.36 bits per heavy atom. The Balaban J connectivity index is 1.11. The molecule has 3 aromatic carbocycles. The van der Waals surface area contributed by atoms with Crippen molar-refractivity contribution in [1.82, 2.24) is 30.8 Å². The summed E-state index contributed by atoms with van der Waals surface area (Å²) < 4.78 is 5.36. The van der Waals surface area contributed by atoms with Crippen LogP contribution >= 0.6 is 0 Å². The SMILES string of the molecule is Cc1nc2ccc(NC(=O)[C@H](Cc3ccc(-c4ccc(C(=O)NC5CCCCN5C(=O)O)cc4C)cc3)NC(=O)[C@H]3CC[C@H](CNC(=O)OC(C)(C)C)CC3)cc2[nH]1. The first-order valence-corrected chi connectivity index (χ1v) is 20.2. The topological polar surface area (TPSA) is 195 Å². The molecule has 5 amide bonds. The van der Waals surface area contributed by atoms with E-state index in [1.807, 2.05) is 77.1 Å². The van der Waals surface area contributed by atoms with Gasteiger partial charge < -0.3 is 36.1 Å². The highest BCUT2D eigenvalue weighted by atomic mass is 16.6. The Morgan fingerprint density at radius 1 is 0.931 bits per heavy atom. The highest BCUT2D eigenvalue weighted by Crippen LogP contribution is 2.30. The second kappa shape index (κ2) is 18.1. The van der Waals surface area contributed by atoms with Crippen LogP contribution in [0, 0.1) is 25.7 Å². The Kier molecular flexibility index (Phi) is 13.0. The maximum atomic E-state index is 13.9. The molecule has 1 aliphatic heterocycles. The molecule has 0 spiro atoms. The third kappa shape index (κ3) is 10.9. The van der Waals surface area contributed by atoms with Gasteiger partial charge in [-0.2, -0.15) is 0 Å². The molecular formula is C44H55N7O7. The minimum Gasteiger partial charge on any atom is -0.465 e. The van der Waals surface area contributed by atoms with Gasteiger partial charge in [-0.15, -0.1) is 0 Å². The first kappa shape index (κ1) is 41.7. The van der Waals surface area contributed by atoms with Gasteiger partial charge in [0, 0.05) is 36.7 Å². The first-order valence-electron chi connectivity index (χ1n) is 20.2. The number of alkyl carbamates (subject to hydrolysis) is 1. The van der Waals surface area contributed by atoms with Crippen LogP contribution in [0.4, 0.5) is 15.3 Å². The zero-order valence-corrected chi connectivity index (χ0v) is 33.9. The molecule has 308 valence electrons. The smallest absolute Gasteiger partial charge is 0.408 e. The molecule has 0 bridgehead atoms. The van der Waals surface area contributed by atoms with Crippen molar-refractivity contribution in [3.8, 4) is 11.1 Å². The van der Waals surface area contributed by atoms with Gasteiger partial charge in [0.25, 0.3) is 5.91 Å². The number of carboxylic acid groups (broad SMARTS) is 1. The number of piperidine rings is 1. The predicted molar refractivity (Wildman–Crippen MR) is 221 cm³/mol. The number of hydrogen-bond acceptors (Lipinski definition) is 7. The van der Waals surface area contributed by atoms with Crippen molar-refractivity contribution in [2.45, 2.75) is 104 Å². The number of H-pyrrole nitrogens is 1. The number of aromatic nitrogens is 2. The van der Waals surface area contributed by atoms with E-state index in [0.717, 1.165) is 64.8 Å². The number of nitrogens with zero attached hydrogens (tertiary/aromatic N) is 2. The lowest BCUT2D eigenvalue weighted by Crippen LogP contribution is -2.52. The highest BCUT2D eigenvalue weighted by molar-refractivity contribution is 5.99. The van der Waals surface area contributed by atoms with Gasteiger partial charge >= 0.3 is 12.2 Å². The molecule has 6 N–H and O–H groups in total. The maximum Gasteiger partial charge on any atom is 0.408 e. The van der Waals surface area contributed by atoms with E-state index in [4.69, 9.17) is 4.74 Å². The third-order valence-corrected chi connectivity index (χ3v) is 10.9. The molecule has 1 aliphatic carbocycles. The van der Waals surface area contributed by atoms with Gasteiger partial charge in [0.1, 0.15) is 23.6 Å². The molecule has 1 saturated heterocycles. The molecular weight excluding hydrogens is 739 g/mol. The Morgan fingerprint density at radius 2 is 1.67 bits per heavy atom. The van der Waals surface area contributed by atoms with E-state index >= 15 is 0 Å². The number of anilines is 1. The summed E-state index contributed by atoms with van der Waals surface area (Å²) in [7, 11) is 0. The Hall–Kier alpha value is -5.92. The summed E-state index contributed by atoms with van der Waals surface area (Å²) >= 11 is 0. The third-order valence-electron chi connectivity index (χ3n) is 10.9. The molecule has 1 unspecified atom stereocenters. The monoisotopic (exact) mass is 793 g/mol. The molecule has 1 aromatic heterocycles. The summed E-state index contributed by atoms with van der Waals surface area (Å²) in [5.41, 5.74) is 5.62. The van der Waals surface area contributed by atoms with Crippen LogP contribution in [0.3, 0.4) is 0 Å². The van der Waals surface area contributed by atoms with E-state index in [0.29, 0.717) is 43.6 Å². The molecule has 1 saturated carbocycles. The van der Waals surface area contributed by atoms with E-state index in [1.165, 1.54) is 4.90 Å². The summed E-state index contributed by atoms with van der Waals surface area (Å²) in [5, 5.41) is 21.4. The van der Waals surface area contributed by atoms with Gasteiger partial charge in [0.2, 0.25) is 11.8 Å². The fourth-order valence-corrected chi connectivity index (χ4v) is 7.84. The molecule has 58 heavy (non-hydrogen) atoms. The van der Waals surface area contributed by atoms with Crippen LogP contribution in [-0.2, 0) is 20.7 Å². The van der Waals surface area contributed by atoms with Gasteiger partial charge in [-0.3, -0.25) is 19.3 Å². The number of nitrogens with one attached hydrogen (secondary N) is 5. The number of imidazole rings is 1. The number of aryl methyl sites for hydroxylation is 2. The zero-order chi connectivity index (χ0) is 41.6. The lowest BCUT2D eigenvalue weighted by atomic mass is 9.81. The number of hydrogen-bond donors (Lipinski definition) is 6. The van der Waals surface area contributed by atoms with Crippen molar-refractivity contribution in [2.24, 2.45) is 11.8 Å². The van der Waals surface area contributed by atoms with Crippen LogP contribution in [0.5, 0.6) is 0 Å². The molecule has 14 heteroatoms. The fraction of sp³-hybridized carbons (Fsp3) is 0.455. The largest absolute Gasteiger partial charge is 0.465 e. The number of carbonyl (C=O) groups is 5. The van der Waals surface area contributed by atoms with Crippen molar-refractivity contribution in [3.63, 3.8) is 0 Å². The van der Waals surface area contributed by atoms with E-state index in [9.17, 15) is 29.1 Å². The lowest BCUT2D eigenvalue weighted by Gasteiger charge is -2.33. The summed E-state index contributed by atoms with van der Waals surface area (Å²) in [6.07, 6.45) is 3.24. The number of amides is 5. The number of ether oxygens (including phenoxy) is 1. The van der Waals surface area contributed by atoms with Crippen LogP contribution in [0.25, 0.3) is 22.2 Å². The van der Waals surface area contributed by atoms with Crippen LogP contribution in [-0.4, -0.2) is 80.8 Å². The second-order valence-electron chi connectivity index (χ2n) is 16.6. The standard InChI is InChI=1S/C44H55N7O7/c1-26-22-32(40(53)50-38-8-6-7-21-51(38)43(56)57)17-19-34(26)30-13-9-28(10-14-30)23-37(41(54)48-33-18-20-35-36(24-33)47-27(2)46-35)49-39(52)31-15-11-29(12-16-31)25-45-42(55)58-44(3,4)5/h9-10,13-14,17-20,22,24,29,31,37-38H,6-8,11-12,15-16,21,23,25H2,1-5H3,(H,45,55)(H,46,47)(H,48,54)(H,49,52)(H,50,53)(H,56,57)/t29-,31-,37-,38?/m0/s1. The number of carbonyl (C=O) groups excluding carboxylic acids is 4. The van der Waals surface area contributed by atoms with Gasteiger partial charge in [-0.05, 0) is 138 Å². The second-order valence-corrected chi connectivity index (χ2v) is 16.6. The molecule has 14 nitrogen and oxygen atoms in total. The summed E-state index contributed by atoms with van der Waals surface area (Å²) in [6.45, 7) is 10.1. The number of likely N-dealkylation sites (tertiary alicyclic amines) is 1. The van der Waals surface area contributed by atoms with Crippen molar-refractivity contribution < 1.29 is 33.8 Å². The van der Waals surface area contributed by atoms with Gasteiger partial charge in [0.05, 0.1) is 11.0 Å². The quantitative estimate of drug-likeness (QED) is 0.0928. The van der Waals surface area contributed by atoms with Crippen LogP contribution < -0.4 is 21.3 Å². The highest BCUT2D eigenvalue weighted by Gasteiger charge is 2.31. The van der Waals surface area contributed by atoms with E-state index in [2.05, 4.69) is 31.2 Å². The summed E-state index contributed by atoms with van der Waals surface area (Å²) in [4.78, 5) is 73.5. The average molecular weight is 794 g/mol. The Bertz CT molecular complexity index is 2130. The minimum atomic E-state index is -1.04. The van der Waals surface area contributed by atoms with Crippen molar-refractivity contribution >= 4 is 46.6 Å². The van der Waals surface area contributed by atoms with Gasteiger partial charge in [-0.25, -0.2) is 14.6 Å². The molecule has 6 rings (SSSR count). The maximum absolute atomic E-state index is 13.9. The van der Waals surface area contributed by atoms with Gasteiger partial charge in [-0.1, -0.05) is 30.3 Å². The molecule has 2 aliphatic rings. The average Bonchev–Trinajstić information content (AvgIpc) is 3.56. The molecule has 2 atom stereocenters. The molecule has 2 fully saturated rings. The zero-order valence-electron chi connectivity index (χ0n) is 33.9. The summed E-state index contributed by atoms with van der Waals surface area (Å²) in [5.74, 6) is -0.0910. The van der Waals surface area contributed by atoms with Gasteiger partial charge in [0.15, 0.2) is 0 Å². The number of rotatable bonds is 11. The summed E-state index contributed by atoms with van der Waals surface area (Å²) in [6, 6.07) is 17.8. The molecule has 4 aromatic rings. The first-order chi connectivity index (χ1) is 27.6. The van der Waals surface area contributed by atoms with Crippen molar-refractivity contribution in [1.29, 1.82) is 0 Å². The van der Waals surface area contributed by atoms with E-state index in [1.54, 1.807) is 18.2 Å². The normalized spacial score (nSPS) is 18.8. The minimum absolute atomic E-state index is 0.172. The predicted octanol–water partition coefficient (Wildman–Crippen LogP) is 7.06. The molecule has 0 radical (unpaired) electrons.